The number of ether oxygens (including phenoxy) is 2. The van der Waals surface area contributed by atoms with E-state index >= 15 is 0 Å². The third kappa shape index (κ3) is 2.08. The Hall–Kier alpha value is -1.55. The normalized spacial score (nSPS) is 17.5. The molecule has 18 heavy (non-hydrogen) atoms. The summed E-state index contributed by atoms with van der Waals surface area (Å²) in [5.41, 5.74) is 5.92. The Morgan fingerprint density at radius 3 is 2.11 bits per heavy atom. The first-order chi connectivity index (χ1) is 8.62. The topological polar surface area (TPSA) is 61.5 Å². The minimum Gasteiger partial charge on any atom is -0.496 e. The fourth-order valence-electron chi connectivity index (χ4n) is 2.56. The molecule has 0 atom stereocenters. The Labute approximate surface area is 107 Å². The predicted molar refractivity (Wildman–Crippen MR) is 69.3 cm³/mol. The van der Waals surface area contributed by atoms with Gasteiger partial charge in [-0.3, -0.25) is 4.79 Å². The Morgan fingerprint density at radius 1 is 1.17 bits per heavy atom. The molecule has 98 valence electrons. The molecular weight excluding hydrogens is 230 g/mol. The van der Waals surface area contributed by atoms with Crippen molar-refractivity contribution in [3.05, 3.63) is 23.8 Å². The molecule has 0 spiro atoms. The standard InChI is InChI=1S/C14H19NO3/c1-17-10-6-5-7-11(18-2)12(10)13(16)14(15)8-3-4-9-14/h5-7H,3-4,8-9,15H2,1-2H3. The summed E-state index contributed by atoms with van der Waals surface area (Å²) in [6, 6.07) is 5.31. The fourth-order valence-corrected chi connectivity index (χ4v) is 2.56. The van der Waals surface area contributed by atoms with E-state index in [0.717, 1.165) is 25.7 Å². The average molecular weight is 249 g/mol. The SMILES string of the molecule is COc1cccc(OC)c1C(=O)C1(N)CCCC1. The Kier molecular flexibility index (Phi) is 3.57. The number of methoxy groups -OCH3 is 2. The number of Topliss-reactive ketones (excluding diaryl/α,β-unsaturated/α-hetero) is 1. The lowest BCUT2D eigenvalue weighted by atomic mass is 9.88. The minimum absolute atomic E-state index is 0.0747. The molecule has 4 heteroatoms. The fraction of sp³-hybridized carbons (Fsp3) is 0.500. The molecule has 1 saturated carbocycles. The molecule has 0 aliphatic heterocycles. The Morgan fingerprint density at radius 2 is 1.67 bits per heavy atom. The van der Waals surface area contributed by atoms with Gasteiger partial charge in [-0.2, -0.15) is 0 Å². The van der Waals surface area contributed by atoms with E-state index in [1.54, 1.807) is 32.4 Å². The highest BCUT2D eigenvalue weighted by molar-refractivity contribution is 6.07. The molecule has 1 fully saturated rings. The molecule has 2 rings (SSSR count). The van der Waals surface area contributed by atoms with Crippen molar-refractivity contribution in [1.29, 1.82) is 0 Å². The van der Waals surface area contributed by atoms with Gasteiger partial charge in [0.25, 0.3) is 0 Å². The number of rotatable bonds is 4. The monoisotopic (exact) mass is 249 g/mol. The van der Waals surface area contributed by atoms with Crippen molar-refractivity contribution < 1.29 is 14.3 Å². The molecule has 0 radical (unpaired) electrons. The van der Waals surface area contributed by atoms with Crippen molar-refractivity contribution in [3.8, 4) is 11.5 Å². The van der Waals surface area contributed by atoms with Crippen molar-refractivity contribution in [2.45, 2.75) is 31.2 Å². The summed E-state index contributed by atoms with van der Waals surface area (Å²) in [5.74, 6) is 0.974. The number of carbonyl (C=O) groups excluding carboxylic acids is 1. The van der Waals surface area contributed by atoms with Crippen LogP contribution in [0.4, 0.5) is 0 Å². The smallest absolute Gasteiger partial charge is 0.190 e. The van der Waals surface area contributed by atoms with Crippen molar-refractivity contribution in [2.24, 2.45) is 5.73 Å². The molecule has 0 amide bonds. The second-order valence-corrected chi connectivity index (χ2v) is 4.73. The van der Waals surface area contributed by atoms with Crippen LogP contribution in [0, 0.1) is 0 Å². The number of carbonyl (C=O) groups is 1. The molecule has 0 heterocycles. The van der Waals surface area contributed by atoms with Crippen LogP contribution in [0.1, 0.15) is 36.0 Å². The van der Waals surface area contributed by atoms with Gasteiger partial charge in [-0.05, 0) is 25.0 Å². The summed E-state index contributed by atoms with van der Waals surface area (Å²) < 4.78 is 10.5. The van der Waals surface area contributed by atoms with Gasteiger partial charge in [-0.1, -0.05) is 18.9 Å². The summed E-state index contributed by atoms with van der Waals surface area (Å²) in [5, 5.41) is 0. The molecule has 4 nitrogen and oxygen atoms in total. The van der Waals surface area contributed by atoms with Gasteiger partial charge in [0.2, 0.25) is 0 Å². The first kappa shape index (κ1) is 12.9. The Balaban J connectivity index is 2.46. The van der Waals surface area contributed by atoms with Crippen molar-refractivity contribution in [1.82, 2.24) is 0 Å². The second kappa shape index (κ2) is 4.98. The van der Waals surface area contributed by atoms with Crippen molar-refractivity contribution in [3.63, 3.8) is 0 Å². The summed E-state index contributed by atoms with van der Waals surface area (Å²) in [6.45, 7) is 0. The lowest BCUT2D eigenvalue weighted by Crippen LogP contribution is -2.45. The molecule has 0 unspecified atom stereocenters. The second-order valence-electron chi connectivity index (χ2n) is 4.73. The number of benzene rings is 1. The van der Waals surface area contributed by atoms with Crippen LogP contribution in [0.3, 0.4) is 0 Å². The first-order valence-corrected chi connectivity index (χ1v) is 6.17. The molecule has 1 aliphatic carbocycles. The van der Waals surface area contributed by atoms with E-state index in [0.29, 0.717) is 17.1 Å². The van der Waals surface area contributed by atoms with Crippen molar-refractivity contribution >= 4 is 5.78 Å². The average Bonchev–Trinajstić information content (AvgIpc) is 2.85. The van der Waals surface area contributed by atoms with Crippen LogP contribution in [0.15, 0.2) is 18.2 Å². The molecule has 2 N–H and O–H groups in total. The Bertz CT molecular complexity index is 428. The number of hydrogen-bond acceptors (Lipinski definition) is 4. The largest absolute Gasteiger partial charge is 0.496 e. The van der Waals surface area contributed by atoms with Gasteiger partial charge in [-0.25, -0.2) is 0 Å². The quantitative estimate of drug-likeness (QED) is 0.831. The molecule has 1 aromatic carbocycles. The van der Waals surface area contributed by atoms with Crippen LogP contribution in [-0.4, -0.2) is 25.5 Å². The van der Waals surface area contributed by atoms with E-state index in [2.05, 4.69) is 0 Å². The zero-order valence-corrected chi connectivity index (χ0v) is 10.9. The maximum absolute atomic E-state index is 12.6. The highest BCUT2D eigenvalue weighted by Gasteiger charge is 2.40. The molecule has 1 aromatic rings. The van der Waals surface area contributed by atoms with Crippen LogP contribution < -0.4 is 15.2 Å². The zero-order chi connectivity index (χ0) is 13.2. The summed E-state index contributed by atoms with van der Waals surface area (Å²) >= 11 is 0. The van der Waals surface area contributed by atoms with Gasteiger partial charge < -0.3 is 15.2 Å². The summed E-state index contributed by atoms with van der Waals surface area (Å²) in [4.78, 5) is 12.6. The lowest BCUT2D eigenvalue weighted by Gasteiger charge is -2.24. The van der Waals surface area contributed by atoms with Crippen molar-refractivity contribution in [2.75, 3.05) is 14.2 Å². The van der Waals surface area contributed by atoms with Gasteiger partial charge in [0, 0.05) is 0 Å². The highest BCUT2D eigenvalue weighted by Crippen LogP contribution is 2.36. The molecular formula is C14H19NO3. The van der Waals surface area contributed by atoms with E-state index in [4.69, 9.17) is 15.2 Å². The van der Waals surface area contributed by atoms with Gasteiger partial charge in [0.05, 0.1) is 19.8 Å². The maximum atomic E-state index is 12.6. The van der Waals surface area contributed by atoms with E-state index in [-0.39, 0.29) is 5.78 Å². The third-order valence-corrected chi connectivity index (χ3v) is 3.60. The van der Waals surface area contributed by atoms with Gasteiger partial charge in [0.1, 0.15) is 17.1 Å². The first-order valence-electron chi connectivity index (χ1n) is 6.17. The van der Waals surface area contributed by atoms with E-state index in [1.165, 1.54) is 0 Å². The minimum atomic E-state index is -0.762. The lowest BCUT2D eigenvalue weighted by molar-refractivity contribution is 0.0885. The maximum Gasteiger partial charge on any atom is 0.190 e. The number of nitrogens with two attached hydrogens (primary N) is 1. The van der Waals surface area contributed by atoms with Crippen LogP contribution in [0.25, 0.3) is 0 Å². The predicted octanol–water partition coefficient (Wildman–Crippen LogP) is 2.16. The summed E-state index contributed by atoms with van der Waals surface area (Å²) in [7, 11) is 3.09. The highest BCUT2D eigenvalue weighted by atomic mass is 16.5. The van der Waals surface area contributed by atoms with E-state index in [1.807, 2.05) is 0 Å². The molecule has 0 bridgehead atoms. The number of hydrogen-bond donors (Lipinski definition) is 1. The van der Waals surface area contributed by atoms with Gasteiger partial charge in [-0.15, -0.1) is 0 Å². The van der Waals surface area contributed by atoms with E-state index in [9.17, 15) is 4.79 Å². The number of ketones is 1. The summed E-state index contributed by atoms with van der Waals surface area (Å²) in [6.07, 6.45) is 3.46. The zero-order valence-electron chi connectivity index (χ0n) is 10.9. The molecule has 1 aliphatic rings. The van der Waals surface area contributed by atoms with Crippen LogP contribution >= 0.6 is 0 Å². The van der Waals surface area contributed by atoms with Gasteiger partial charge in [0.15, 0.2) is 5.78 Å². The molecule has 0 aromatic heterocycles. The van der Waals surface area contributed by atoms with Gasteiger partial charge >= 0.3 is 0 Å². The van der Waals surface area contributed by atoms with E-state index < -0.39 is 5.54 Å². The van der Waals surface area contributed by atoms with Crippen LogP contribution in [0.5, 0.6) is 11.5 Å². The molecule has 0 saturated heterocycles. The van der Waals surface area contributed by atoms with Crippen LogP contribution in [-0.2, 0) is 0 Å². The third-order valence-electron chi connectivity index (χ3n) is 3.60. The van der Waals surface area contributed by atoms with Crippen LogP contribution in [0.2, 0.25) is 0 Å².